The minimum Gasteiger partial charge on any atom is -0.459 e. The molecule has 0 saturated carbocycles. The van der Waals surface area contributed by atoms with Gasteiger partial charge in [-0.3, -0.25) is 0 Å². The Balaban J connectivity index is 1.80. The average Bonchev–Trinajstić information content (AvgIpc) is 2.75. The number of hydrogen-bond donors (Lipinski definition) is 0. The van der Waals surface area contributed by atoms with E-state index >= 15 is 0 Å². The number of rotatable bonds is 5. The van der Waals surface area contributed by atoms with E-state index in [-0.39, 0.29) is 11.1 Å². The lowest BCUT2D eigenvalue weighted by atomic mass is 9.95. The highest BCUT2D eigenvalue weighted by Gasteiger charge is 2.82. The van der Waals surface area contributed by atoms with E-state index in [0.717, 1.165) is 12.1 Å². The summed E-state index contributed by atoms with van der Waals surface area (Å²) in [7, 11) is 0. The molecule has 0 bridgehead atoms. The van der Waals surface area contributed by atoms with Gasteiger partial charge in [-0.25, -0.2) is 9.59 Å². The number of carbonyl (C=O) groups is 2. The lowest BCUT2D eigenvalue weighted by Gasteiger charge is -2.44. The maximum Gasteiger partial charge on any atom is 0.381 e. The molecule has 2 atom stereocenters. The molecule has 2 aromatic carbocycles. The third kappa shape index (κ3) is 4.09. The molecule has 3 rings (SSSR count). The summed E-state index contributed by atoms with van der Waals surface area (Å²) >= 11 is 0. The second kappa shape index (κ2) is 8.22. The van der Waals surface area contributed by atoms with Crippen molar-refractivity contribution in [2.75, 3.05) is 6.61 Å². The third-order valence-corrected chi connectivity index (χ3v) is 4.42. The smallest absolute Gasteiger partial charge is 0.381 e. The number of halogens is 6. The molecule has 0 aromatic heterocycles. The summed E-state index contributed by atoms with van der Waals surface area (Å²) in [4.78, 5) is 23.9. The van der Waals surface area contributed by atoms with Crippen LogP contribution in [-0.4, -0.2) is 48.7 Å². The van der Waals surface area contributed by atoms with E-state index in [1.807, 2.05) is 0 Å². The molecule has 0 aliphatic carbocycles. The minimum atomic E-state index is -5.97. The van der Waals surface area contributed by atoms with Gasteiger partial charge >= 0.3 is 29.7 Å². The van der Waals surface area contributed by atoms with E-state index in [1.165, 1.54) is 42.5 Å². The van der Waals surface area contributed by atoms with Crippen molar-refractivity contribution in [1.82, 2.24) is 0 Å². The van der Waals surface area contributed by atoms with Gasteiger partial charge in [-0.1, -0.05) is 36.4 Å². The number of carbonyl (C=O) groups excluding carboxylic acids is 2. The fourth-order valence-electron chi connectivity index (χ4n) is 2.69. The van der Waals surface area contributed by atoms with Crippen molar-refractivity contribution in [1.29, 1.82) is 0 Å². The minimum absolute atomic E-state index is 0.0919. The van der Waals surface area contributed by atoms with Crippen LogP contribution in [0.4, 0.5) is 26.3 Å². The number of ether oxygens (including phenoxy) is 3. The maximum absolute atomic E-state index is 14.1. The summed E-state index contributed by atoms with van der Waals surface area (Å²) in [6.07, 6.45) is -6.36. The van der Waals surface area contributed by atoms with Gasteiger partial charge in [0.2, 0.25) is 0 Å². The van der Waals surface area contributed by atoms with Crippen molar-refractivity contribution in [3.63, 3.8) is 0 Å². The zero-order valence-corrected chi connectivity index (χ0v) is 15.4. The molecular formula is C20H14F6O5. The molecule has 31 heavy (non-hydrogen) atoms. The van der Waals surface area contributed by atoms with Crippen LogP contribution in [0.1, 0.15) is 20.7 Å². The van der Waals surface area contributed by atoms with Gasteiger partial charge in [0.1, 0.15) is 6.61 Å². The molecule has 0 spiro atoms. The van der Waals surface area contributed by atoms with Gasteiger partial charge in [0.05, 0.1) is 11.1 Å². The van der Waals surface area contributed by atoms with Gasteiger partial charge in [0, 0.05) is 0 Å². The third-order valence-electron chi connectivity index (χ3n) is 4.42. The Labute approximate surface area is 171 Å². The number of esters is 2. The van der Waals surface area contributed by atoms with Crippen molar-refractivity contribution in [2.45, 2.75) is 30.2 Å². The van der Waals surface area contributed by atoms with Gasteiger partial charge in [0.15, 0.2) is 6.10 Å². The highest BCUT2D eigenvalue weighted by Crippen LogP contribution is 2.54. The molecule has 1 fully saturated rings. The van der Waals surface area contributed by atoms with Crippen molar-refractivity contribution in [3.8, 4) is 0 Å². The van der Waals surface area contributed by atoms with Gasteiger partial charge in [-0.05, 0) is 24.3 Å². The Morgan fingerprint density at radius 1 is 0.774 bits per heavy atom. The first-order chi connectivity index (χ1) is 14.5. The van der Waals surface area contributed by atoms with E-state index < -0.39 is 48.7 Å². The topological polar surface area (TPSA) is 61.8 Å². The predicted octanol–water partition coefficient (Wildman–Crippen LogP) is 4.33. The fraction of sp³-hybridized carbons (Fsp3) is 0.300. The van der Waals surface area contributed by atoms with Crippen LogP contribution < -0.4 is 0 Å². The van der Waals surface area contributed by atoms with Gasteiger partial charge < -0.3 is 14.2 Å². The van der Waals surface area contributed by atoms with Crippen molar-refractivity contribution in [3.05, 3.63) is 71.8 Å². The van der Waals surface area contributed by atoms with Gasteiger partial charge in [0.25, 0.3) is 6.29 Å². The van der Waals surface area contributed by atoms with E-state index in [9.17, 15) is 35.9 Å². The second-order valence-electron chi connectivity index (χ2n) is 6.51. The summed E-state index contributed by atoms with van der Waals surface area (Å²) in [5.41, 5.74) is -0.389. The Morgan fingerprint density at radius 3 is 1.77 bits per heavy atom. The zero-order chi connectivity index (χ0) is 22.9. The Hall–Kier alpha value is -3.08. The second-order valence-corrected chi connectivity index (χ2v) is 6.51. The molecule has 1 heterocycles. The monoisotopic (exact) mass is 448 g/mol. The molecular weight excluding hydrogens is 434 g/mol. The summed E-state index contributed by atoms with van der Waals surface area (Å²) in [6.45, 7) is -1.49. The first-order valence-electron chi connectivity index (χ1n) is 8.75. The molecule has 0 amide bonds. The van der Waals surface area contributed by atoms with Crippen LogP contribution in [0.15, 0.2) is 60.7 Å². The van der Waals surface area contributed by atoms with E-state index in [4.69, 9.17) is 0 Å². The highest BCUT2D eigenvalue weighted by atomic mass is 19.3. The van der Waals surface area contributed by atoms with Crippen LogP contribution in [0.25, 0.3) is 0 Å². The van der Waals surface area contributed by atoms with Gasteiger partial charge in [-0.2, -0.15) is 26.3 Å². The highest BCUT2D eigenvalue weighted by molar-refractivity contribution is 5.89. The summed E-state index contributed by atoms with van der Waals surface area (Å²) in [5.74, 6) is -19.6. The van der Waals surface area contributed by atoms with E-state index in [1.54, 1.807) is 6.07 Å². The SMILES string of the molecule is O=C(OC[C@H]1O[C@H](OC(=O)c2ccccc2)C(F)(F)C(F)(F)C1(F)F)c1ccccc1. The van der Waals surface area contributed by atoms with Crippen molar-refractivity contribution >= 4 is 11.9 Å². The molecule has 1 aliphatic rings. The van der Waals surface area contributed by atoms with Crippen LogP contribution in [0.2, 0.25) is 0 Å². The fourth-order valence-corrected chi connectivity index (χ4v) is 2.69. The molecule has 0 N–H and O–H groups in total. The number of benzene rings is 2. The molecule has 11 heteroatoms. The lowest BCUT2D eigenvalue weighted by Crippen LogP contribution is -2.71. The normalized spacial score (nSPS) is 23.5. The largest absolute Gasteiger partial charge is 0.459 e. The Morgan fingerprint density at radius 2 is 1.26 bits per heavy atom. The van der Waals surface area contributed by atoms with E-state index in [0.29, 0.717) is 0 Å². The van der Waals surface area contributed by atoms with Crippen LogP contribution in [0.3, 0.4) is 0 Å². The standard InChI is InChI=1S/C20H14F6O5/c21-18(22)14(11-29-15(27)12-7-3-1-4-8-12)30-17(19(23,24)20(18,25)26)31-16(28)13-9-5-2-6-10-13/h1-10,14,17H,11H2/t14-,17-/m1/s1. The summed E-state index contributed by atoms with van der Waals surface area (Å²) in [6, 6.07) is 13.3. The van der Waals surface area contributed by atoms with Crippen LogP contribution in [0, 0.1) is 0 Å². The predicted molar refractivity (Wildman–Crippen MR) is 92.1 cm³/mol. The molecule has 0 unspecified atom stereocenters. The van der Waals surface area contributed by atoms with Crippen LogP contribution in [-0.2, 0) is 14.2 Å². The molecule has 0 radical (unpaired) electrons. The lowest BCUT2D eigenvalue weighted by molar-refractivity contribution is -0.435. The quantitative estimate of drug-likeness (QED) is 0.504. The number of hydrogen-bond acceptors (Lipinski definition) is 5. The Bertz CT molecular complexity index is 936. The van der Waals surface area contributed by atoms with Crippen molar-refractivity contribution in [2.24, 2.45) is 0 Å². The van der Waals surface area contributed by atoms with Crippen LogP contribution >= 0.6 is 0 Å². The molecule has 166 valence electrons. The molecule has 2 aromatic rings. The Kier molecular flexibility index (Phi) is 5.99. The first kappa shape index (κ1) is 22.6. The first-order valence-corrected chi connectivity index (χ1v) is 8.75. The van der Waals surface area contributed by atoms with Crippen molar-refractivity contribution < 1.29 is 50.1 Å². The van der Waals surface area contributed by atoms with E-state index in [2.05, 4.69) is 14.2 Å². The zero-order valence-electron chi connectivity index (χ0n) is 15.4. The van der Waals surface area contributed by atoms with Crippen LogP contribution in [0.5, 0.6) is 0 Å². The molecule has 5 nitrogen and oxygen atoms in total. The molecule has 1 saturated heterocycles. The maximum atomic E-state index is 14.1. The molecule has 1 aliphatic heterocycles. The summed E-state index contributed by atoms with van der Waals surface area (Å²) in [5, 5.41) is 0. The summed E-state index contributed by atoms with van der Waals surface area (Å²) < 4.78 is 97.8. The average molecular weight is 448 g/mol. The number of alkyl halides is 6. The van der Waals surface area contributed by atoms with Gasteiger partial charge in [-0.15, -0.1) is 0 Å².